The third-order valence-corrected chi connectivity index (χ3v) is 1.78. The number of hydrogen-bond donors (Lipinski definition) is 1. The predicted molar refractivity (Wildman–Crippen MR) is 56.2 cm³/mol. The first-order valence-electron chi connectivity index (χ1n) is 4.66. The molecule has 0 atom stereocenters. The van der Waals surface area contributed by atoms with Crippen LogP contribution in [-0.4, -0.2) is 37.1 Å². The maximum Gasteiger partial charge on any atom is 0.213 e. The van der Waals surface area contributed by atoms with Crippen molar-refractivity contribution in [1.82, 2.24) is 9.88 Å². The molecule has 0 saturated carbocycles. The Morgan fingerprint density at radius 3 is 2.86 bits per heavy atom. The molecule has 0 unspecified atom stereocenters. The lowest BCUT2D eigenvalue weighted by atomic mass is 10.3. The molecule has 0 amide bonds. The Morgan fingerprint density at radius 1 is 1.43 bits per heavy atom. The van der Waals surface area contributed by atoms with Crippen LogP contribution in [0, 0.1) is 0 Å². The van der Waals surface area contributed by atoms with Gasteiger partial charge in [0.05, 0.1) is 5.69 Å². The summed E-state index contributed by atoms with van der Waals surface area (Å²) in [5.41, 5.74) is 6.32. The highest BCUT2D eigenvalue weighted by Gasteiger charge is 1.97. The summed E-state index contributed by atoms with van der Waals surface area (Å²) >= 11 is 0. The van der Waals surface area contributed by atoms with Gasteiger partial charge in [0.1, 0.15) is 6.61 Å². The van der Waals surface area contributed by atoms with Crippen molar-refractivity contribution >= 4 is 0 Å². The zero-order chi connectivity index (χ0) is 10.4. The highest BCUT2D eigenvalue weighted by molar-refractivity contribution is 5.15. The van der Waals surface area contributed by atoms with E-state index in [0.717, 1.165) is 12.2 Å². The standard InChI is InChI=1S/C10H17N3O/c1-13(2)6-7-14-10-5-3-4-9(8-11)12-10/h3-5H,6-8,11H2,1-2H3. The fourth-order valence-electron chi connectivity index (χ4n) is 0.984. The van der Waals surface area contributed by atoms with E-state index in [-0.39, 0.29) is 0 Å². The molecule has 4 heteroatoms. The molecule has 1 rings (SSSR count). The zero-order valence-corrected chi connectivity index (χ0v) is 8.73. The minimum absolute atomic E-state index is 0.449. The highest BCUT2D eigenvalue weighted by atomic mass is 16.5. The van der Waals surface area contributed by atoms with Crippen LogP contribution in [0.2, 0.25) is 0 Å². The monoisotopic (exact) mass is 195 g/mol. The molecule has 0 fully saturated rings. The van der Waals surface area contributed by atoms with Crippen LogP contribution >= 0.6 is 0 Å². The van der Waals surface area contributed by atoms with Gasteiger partial charge in [0, 0.05) is 19.2 Å². The maximum absolute atomic E-state index is 5.47. The summed E-state index contributed by atoms with van der Waals surface area (Å²) in [6.07, 6.45) is 0. The van der Waals surface area contributed by atoms with Gasteiger partial charge >= 0.3 is 0 Å². The number of likely N-dealkylation sites (N-methyl/N-ethyl adjacent to an activating group) is 1. The van der Waals surface area contributed by atoms with E-state index in [1.165, 1.54) is 0 Å². The molecule has 4 nitrogen and oxygen atoms in total. The molecule has 0 bridgehead atoms. The molecule has 0 radical (unpaired) electrons. The van der Waals surface area contributed by atoms with E-state index in [0.29, 0.717) is 19.0 Å². The molecule has 0 aliphatic rings. The largest absolute Gasteiger partial charge is 0.476 e. The topological polar surface area (TPSA) is 51.4 Å². The second-order valence-corrected chi connectivity index (χ2v) is 3.32. The summed E-state index contributed by atoms with van der Waals surface area (Å²) in [6, 6.07) is 5.63. The molecular formula is C10H17N3O. The van der Waals surface area contributed by atoms with Crippen LogP contribution in [0.25, 0.3) is 0 Å². The van der Waals surface area contributed by atoms with Gasteiger partial charge in [0.2, 0.25) is 5.88 Å². The Hall–Kier alpha value is -1.13. The molecule has 0 aliphatic heterocycles. The minimum Gasteiger partial charge on any atom is -0.476 e. The second kappa shape index (κ2) is 5.57. The Balaban J connectivity index is 2.42. The fourth-order valence-corrected chi connectivity index (χ4v) is 0.984. The molecule has 2 N–H and O–H groups in total. The molecule has 1 aromatic rings. The SMILES string of the molecule is CN(C)CCOc1cccc(CN)n1. The quantitative estimate of drug-likeness (QED) is 0.742. The first-order chi connectivity index (χ1) is 6.72. The third kappa shape index (κ3) is 3.72. The number of ether oxygens (including phenoxy) is 1. The highest BCUT2D eigenvalue weighted by Crippen LogP contribution is 2.06. The molecular weight excluding hydrogens is 178 g/mol. The van der Waals surface area contributed by atoms with Crippen molar-refractivity contribution in [3.63, 3.8) is 0 Å². The van der Waals surface area contributed by atoms with Gasteiger partial charge in [-0.15, -0.1) is 0 Å². The lowest BCUT2D eigenvalue weighted by Crippen LogP contribution is -2.19. The minimum atomic E-state index is 0.449. The summed E-state index contributed by atoms with van der Waals surface area (Å²) in [4.78, 5) is 6.28. The van der Waals surface area contributed by atoms with Crippen LogP contribution in [-0.2, 0) is 6.54 Å². The molecule has 1 aromatic heterocycles. The number of rotatable bonds is 5. The van der Waals surface area contributed by atoms with Crippen molar-refractivity contribution in [2.24, 2.45) is 5.73 Å². The van der Waals surface area contributed by atoms with Crippen LogP contribution in [0.5, 0.6) is 5.88 Å². The summed E-state index contributed by atoms with van der Waals surface area (Å²) < 4.78 is 5.45. The molecule has 0 spiro atoms. The number of aromatic nitrogens is 1. The first kappa shape index (κ1) is 10.9. The number of pyridine rings is 1. The van der Waals surface area contributed by atoms with E-state index in [2.05, 4.69) is 9.88 Å². The molecule has 0 aliphatic carbocycles. The van der Waals surface area contributed by atoms with Gasteiger partial charge in [-0.2, -0.15) is 0 Å². The van der Waals surface area contributed by atoms with Crippen LogP contribution in [0.3, 0.4) is 0 Å². The van der Waals surface area contributed by atoms with Gasteiger partial charge in [0.15, 0.2) is 0 Å². The van der Waals surface area contributed by atoms with Crippen LogP contribution in [0.15, 0.2) is 18.2 Å². The normalized spacial score (nSPS) is 10.6. The molecule has 78 valence electrons. The molecule has 0 saturated heterocycles. The van der Waals surface area contributed by atoms with Crippen LogP contribution in [0.4, 0.5) is 0 Å². The van der Waals surface area contributed by atoms with Gasteiger partial charge in [0.25, 0.3) is 0 Å². The molecule has 1 heterocycles. The van der Waals surface area contributed by atoms with Crippen molar-refractivity contribution in [2.75, 3.05) is 27.2 Å². The molecule has 0 aromatic carbocycles. The van der Waals surface area contributed by atoms with Gasteiger partial charge in [-0.05, 0) is 20.2 Å². The van der Waals surface area contributed by atoms with E-state index in [1.807, 2.05) is 32.3 Å². The lowest BCUT2D eigenvalue weighted by molar-refractivity contribution is 0.253. The van der Waals surface area contributed by atoms with E-state index in [1.54, 1.807) is 0 Å². The Bertz CT molecular complexity index is 276. The van der Waals surface area contributed by atoms with Gasteiger partial charge in [-0.25, -0.2) is 4.98 Å². The second-order valence-electron chi connectivity index (χ2n) is 3.32. The van der Waals surface area contributed by atoms with Crippen molar-refractivity contribution in [3.05, 3.63) is 23.9 Å². The number of nitrogens with two attached hydrogens (primary N) is 1. The number of nitrogens with zero attached hydrogens (tertiary/aromatic N) is 2. The van der Waals surface area contributed by atoms with Crippen molar-refractivity contribution in [1.29, 1.82) is 0 Å². The van der Waals surface area contributed by atoms with E-state index < -0.39 is 0 Å². The average molecular weight is 195 g/mol. The lowest BCUT2D eigenvalue weighted by Gasteiger charge is -2.10. The number of hydrogen-bond acceptors (Lipinski definition) is 4. The van der Waals surface area contributed by atoms with Gasteiger partial charge in [-0.1, -0.05) is 6.07 Å². The average Bonchev–Trinajstić information content (AvgIpc) is 2.18. The Morgan fingerprint density at radius 2 is 2.21 bits per heavy atom. The maximum atomic E-state index is 5.47. The summed E-state index contributed by atoms with van der Waals surface area (Å²) in [5.74, 6) is 0.648. The van der Waals surface area contributed by atoms with Crippen molar-refractivity contribution in [3.8, 4) is 5.88 Å². The van der Waals surface area contributed by atoms with Crippen molar-refractivity contribution in [2.45, 2.75) is 6.54 Å². The van der Waals surface area contributed by atoms with Gasteiger partial charge < -0.3 is 15.4 Å². The summed E-state index contributed by atoms with van der Waals surface area (Å²) in [6.45, 7) is 1.98. The van der Waals surface area contributed by atoms with Crippen LogP contribution in [0.1, 0.15) is 5.69 Å². The van der Waals surface area contributed by atoms with E-state index >= 15 is 0 Å². The van der Waals surface area contributed by atoms with Crippen LogP contribution < -0.4 is 10.5 Å². The van der Waals surface area contributed by atoms with Crippen molar-refractivity contribution < 1.29 is 4.74 Å². The fraction of sp³-hybridized carbons (Fsp3) is 0.500. The zero-order valence-electron chi connectivity index (χ0n) is 8.73. The molecule has 14 heavy (non-hydrogen) atoms. The predicted octanol–water partition coefficient (Wildman–Crippen LogP) is 0.481. The first-order valence-corrected chi connectivity index (χ1v) is 4.66. The Kier molecular flexibility index (Phi) is 4.35. The van der Waals surface area contributed by atoms with E-state index in [4.69, 9.17) is 10.5 Å². The summed E-state index contributed by atoms with van der Waals surface area (Å²) in [7, 11) is 4.01. The third-order valence-electron chi connectivity index (χ3n) is 1.78. The van der Waals surface area contributed by atoms with Gasteiger partial charge in [-0.3, -0.25) is 0 Å². The van der Waals surface area contributed by atoms with E-state index in [9.17, 15) is 0 Å². The Labute approximate surface area is 84.7 Å². The summed E-state index contributed by atoms with van der Waals surface area (Å²) in [5, 5.41) is 0. The smallest absolute Gasteiger partial charge is 0.213 e.